The molecule has 4 heteroatoms. The van der Waals surface area contributed by atoms with Crippen LogP contribution in [-0.4, -0.2) is 13.0 Å². The van der Waals surface area contributed by atoms with Crippen molar-refractivity contribution in [2.45, 2.75) is 52.4 Å². The number of allylic oxidation sites excluding steroid dienone is 3. The molecule has 0 heterocycles. The second-order valence-corrected chi connectivity index (χ2v) is 13.2. The summed E-state index contributed by atoms with van der Waals surface area (Å²) in [6.45, 7) is 8.85. The van der Waals surface area contributed by atoms with Crippen molar-refractivity contribution in [3.63, 3.8) is 0 Å². The van der Waals surface area contributed by atoms with E-state index in [0.717, 1.165) is 29.5 Å². The molecule has 0 unspecified atom stereocenters. The van der Waals surface area contributed by atoms with Crippen LogP contribution >= 0.6 is 0 Å². The maximum atomic E-state index is 12.5. The van der Waals surface area contributed by atoms with Crippen molar-refractivity contribution in [3.05, 3.63) is 177 Å². The van der Waals surface area contributed by atoms with Gasteiger partial charge in [-0.2, -0.15) is 8.42 Å². The smallest absolute Gasteiger partial charge is 0.274 e. The molecule has 0 atom stereocenters. The number of benzene rings is 4. The van der Waals surface area contributed by atoms with Crippen LogP contribution in [0.15, 0.2) is 127 Å². The van der Waals surface area contributed by atoms with Gasteiger partial charge in [0.05, 0.1) is 5.57 Å². The van der Waals surface area contributed by atoms with Crippen LogP contribution in [0.3, 0.4) is 0 Å². The lowest BCUT2D eigenvalue weighted by Gasteiger charge is -2.16. The van der Waals surface area contributed by atoms with Crippen LogP contribution in [0.4, 0.5) is 0 Å². The Kier molecular flexibility index (Phi) is 9.19. The van der Waals surface area contributed by atoms with Crippen LogP contribution in [0, 0.1) is 5.25 Å². The van der Waals surface area contributed by atoms with E-state index in [1.54, 1.807) is 18.2 Å². The van der Waals surface area contributed by atoms with Gasteiger partial charge in [-0.25, -0.2) is 0 Å². The van der Waals surface area contributed by atoms with E-state index in [2.05, 4.69) is 125 Å². The average molecular weight is 588 g/mol. The minimum Gasteiger partial charge on any atom is -0.274 e. The molecule has 0 saturated carbocycles. The maximum Gasteiger partial charge on any atom is 0.331 e. The Morgan fingerprint density at radius 3 is 1.51 bits per heavy atom. The highest BCUT2D eigenvalue weighted by Crippen LogP contribution is 2.37. The third kappa shape index (κ3) is 7.10. The van der Waals surface area contributed by atoms with Gasteiger partial charge in [0.15, 0.2) is 5.25 Å². The second kappa shape index (κ2) is 13.0. The fourth-order valence-corrected chi connectivity index (χ4v) is 6.61. The lowest BCUT2D eigenvalue weighted by molar-refractivity contribution is 0.487. The van der Waals surface area contributed by atoms with Crippen LogP contribution in [0.1, 0.15) is 84.0 Å². The van der Waals surface area contributed by atoms with Gasteiger partial charge in [-0.05, 0) is 82.3 Å². The van der Waals surface area contributed by atoms with E-state index < -0.39 is 10.1 Å². The number of hydrogen-bond acceptors (Lipinski definition) is 2. The first-order valence-corrected chi connectivity index (χ1v) is 16.3. The standard InChI is InChI=1S/C39H38O3S/c1-27(2)35-13-7-5-11-33(35)25-29-17-21-31(22-18-29)39(37-15-9-10-16-38(37)43(40,41)42)32-23-19-30(20-24-32)26-34-12-6-8-14-36(34)28(3)4/h5-24,27-28H,25-26H2,1-4H3/p+1. The van der Waals surface area contributed by atoms with Gasteiger partial charge in [0.25, 0.3) is 0 Å². The van der Waals surface area contributed by atoms with Crippen molar-refractivity contribution in [3.8, 4) is 0 Å². The zero-order valence-electron chi connectivity index (χ0n) is 25.3. The quantitative estimate of drug-likeness (QED) is 0.157. The molecule has 3 nitrogen and oxygen atoms in total. The van der Waals surface area contributed by atoms with Crippen molar-refractivity contribution in [1.29, 1.82) is 0 Å². The van der Waals surface area contributed by atoms with Gasteiger partial charge in [0, 0.05) is 35.4 Å². The normalized spacial score (nSPS) is 13.3. The summed E-state index contributed by atoms with van der Waals surface area (Å²) in [6, 6.07) is 33.7. The molecular weight excluding hydrogens is 548 g/mol. The first-order chi connectivity index (χ1) is 20.6. The highest BCUT2D eigenvalue weighted by Gasteiger charge is 2.35. The van der Waals surface area contributed by atoms with Gasteiger partial charge in [-0.15, -0.1) is 0 Å². The Morgan fingerprint density at radius 2 is 1.09 bits per heavy atom. The SMILES string of the molecule is CC(C)c1ccccc1Cc1ccc(C(=C2C=CC=C[C+]2S(=O)(=O)O)c2ccc(Cc3ccccc3C(C)C)cc2)cc1. The number of hydrogen-bond donors (Lipinski definition) is 1. The van der Waals surface area contributed by atoms with Crippen molar-refractivity contribution in [2.75, 3.05) is 0 Å². The van der Waals surface area contributed by atoms with E-state index in [9.17, 15) is 13.0 Å². The van der Waals surface area contributed by atoms with Crippen LogP contribution < -0.4 is 0 Å². The van der Waals surface area contributed by atoms with E-state index in [0.29, 0.717) is 17.4 Å². The van der Waals surface area contributed by atoms with Gasteiger partial charge in [-0.1, -0.05) is 100 Å². The van der Waals surface area contributed by atoms with E-state index in [1.807, 2.05) is 0 Å². The highest BCUT2D eigenvalue weighted by molar-refractivity contribution is 7.89. The Morgan fingerprint density at radius 1 is 0.651 bits per heavy atom. The largest absolute Gasteiger partial charge is 0.331 e. The molecule has 0 radical (unpaired) electrons. The first kappa shape index (κ1) is 30.3. The average Bonchev–Trinajstić information content (AvgIpc) is 2.99. The van der Waals surface area contributed by atoms with Gasteiger partial charge >= 0.3 is 10.1 Å². The molecule has 0 aromatic heterocycles. The van der Waals surface area contributed by atoms with Crippen LogP contribution in [-0.2, 0) is 23.0 Å². The highest BCUT2D eigenvalue weighted by atomic mass is 32.2. The third-order valence-electron chi connectivity index (χ3n) is 8.06. The van der Waals surface area contributed by atoms with E-state index >= 15 is 0 Å². The summed E-state index contributed by atoms with van der Waals surface area (Å²) in [6.07, 6.45) is 8.29. The second-order valence-electron chi connectivity index (χ2n) is 11.8. The van der Waals surface area contributed by atoms with Crippen molar-refractivity contribution < 1.29 is 13.0 Å². The van der Waals surface area contributed by atoms with E-state index in [-0.39, 0.29) is 5.25 Å². The summed E-state index contributed by atoms with van der Waals surface area (Å²) in [4.78, 5) is 0. The number of rotatable bonds is 9. The summed E-state index contributed by atoms with van der Waals surface area (Å²) in [5.41, 5.74) is 10.7. The zero-order chi connectivity index (χ0) is 30.6. The summed E-state index contributed by atoms with van der Waals surface area (Å²) >= 11 is 0. The van der Waals surface area contributed by atoms with Crippen molar-refractivity contribution in [2.24, 2.45) is 0 Å². The van der Waals surface area contributed by atoms with E-state index in [1.165, 1.54) is 39.5 Å². The lowest BCUT2D eigenvalue weighted by Crippen LogP contribution is -2.14. The zero-order valence-corrected chi connectivity index (χ0v) is 26.1. The Hall–Kier alpha value is -4.12. The Balaban J connectivity index is 1.53. The summed E-state index contributed by atoms with van der Waals surface area (Å²) in [5, 5.41) is -0.102. The molecule has 1 aliphatic carbocycles. The van der Waals surface area contributed by atoms with Crippen LogP contribution in [0.5, 0.6) is 0 Å². The summed E-state index contributed by atoms with van der Waals surface area (Å²) in [7, 11) is -4.44. The first-order valence-electron chi connectivity index (χ1n) is 14.9. The minimum absolute atomic E-state index is 0.102. The molecule has 218 valence electrons. The van der Waals surface area contributed by atoms with Gasteiger partial charge in [-0.3, -0.25) is 4.55 Å². The maximum absolute atomic E-state index is 12.5. The van der Waals surface area contributed by atoms with Gasteiger partial charge in [0.2, 0.25) is 0 Å². The fourth-order valence-electron chi connectivity index (χ4n) is 5.91. The molecule has 0 amide bonds. The van der Waals surface area contributed by atoms with Crippen LogP contribution in [0.2, 0.25) is 0 Å². The third-order valence-corrected chi connectivity index (χ3v) is 8.97. The fraction of sp³-hybridized carbons (Fsp3) is 0.205. The molecule has 0 bridgehead atoms. The van der Waals surface area contributed by atoms with E-state index in [4.69, 9.17) is 0 Å². The molecule has 0 fully saturated rings. The minimum atomic E-state index is -4.44. The molecule has 43 heavy (non-hydrogen) atoms. The lowest BCUT2D eigenvalue weighted by atomic mass is 9.87. The van der Waals surface area contributed by atoms with Gasteiger partial charge in [0.1, 0.15) is 5.57 Å². The molecule has 5 rings (SSSR count). The molecule has 0 saturated heterocycles. The van der Waals surface area contributed by atoms with Crippen LogP contribution in [0.25, 0.3) is 5.57 Å². The monoisotopic (exact) mass is 587 g/mol. The predicted octanol–water partition coefficient (Wildman–Crippen LogP) is 9.46. The molecule has 4 aromatic carbocycles. The molecular formula is C39H39O3S+. The summed E-state index contributed by atoms with van der Waals surface area (Å²) < 4.78 is 35.0. The van der Waals surface area contributed by atoms with Gasteiger partial charge < -0.3 is 0 Å². The molecule has 1 aliphatic rings. The van der Waals surface area contributed by atoms with Crippen molar-refractivity contribution >= 4 is 15.7 Å². The predicted molar refractivity (Wildman–Crippen MR) is 179 cm³/mol. The Labute approximate surface area is 257 Å². The molecule has 0 spiro atoms. The molecule has 1 N–H and O–H groups in total. The topological polar surface area (TPSA) is 54.4 Å². The molecule has 0 aliphatic heterocycles. The van der Waals surface area contributed by atoms with Crippen molar-refractivity contribution in [1.82, 2.24) is 0 Å². The molecule has 4 aromatic rings. The Bertz CT molecular complexity index is 1670. The summed E-state index contributed by atoms with van der Waals surface area (Å²) in [5.74, 6) is 0.878.